The fourth-order valence-electron chi connectivity index (χ4n) is 2.63. The quantitative estimate of drug-likeness (QED) is 0.633. The van der Waals surface area contributed by atoms with Crippen LogP contribution in [-0.2, 0) is 4.79 Å². The maximum atomic E-state index is 11.2. The molecule has 0 fully saturated rings. The van der Waals surface area contributed by atoms with E-state index >= 15 is 0 Å². The van der Waals surface area contributed by atoms with Crippen LogP contribution in [0.25, 0.3) is 0 Å². The lowest BCUT2D eigenvalue weighted by Gasteiger charge is -2.32. The lowest BCUT2D eigenvalue weighted by Crippen LogP contribution is -2.54. The number of aliphatic hydroxyl groups excluding tert-OH is 2. The van der Waals surface area contributed by atoms with Gasteiger partial charge in [0.1, 0.15) is 0 Å². The van der Waals surface area contributed by atoms with Crippen molar-refractivity contribution in [3.05, 3.63) is 30.3 Å². The number of carbonyl (C=O) groups excluding carboxylic acids is 1. The Balaban J connectivity index is 2.63. The number of hydrogen-bond donors (Lipinski definition) is 3. The van der Waals surface area contributed by atoms with E-state index in [1.54, 1.807) is 0 Å². The summed E-state index contributed by atoms with van der Waals surface area (Å²) in [5, 5.41) is 23.1. The van der Waals surface area contributed by atoms with E-state index in [0.29, 0.717) is 6.42 Å². The van der Waals surface area contributed by atoms with Crippen LogP contribution in [0, 0.1) is 0 Å². The molecule has 21 heavy (non-hydrogen) atoms. The van der Waals surface area contributed by atoms with Gasteiger partial charge < -0.3 is 15.5 Å². The molecule has 3 N–H and O–H groups in total. The molecule has 0 spiro atoms. The number of nitrogens with one attached hydrogen (secondary N) is 1. The predicted molar refractivity (Wildman–Crippen MR) is 88.3 cm³/mol. The van der Waals surface area contributed by atoms with Crippen LogP contribution in [0.4, 0.5) is 0 Å². The van der Waals surface area contributed by atoms with Crippen LogP contribution in [0.1, 0.15) is 19.8 Å². The molecular weight excluding hydrogens is 282 g/mol. The van der Waals surface area contributed by atoms with Gasteiger partial charge in [-0.15, -0.1) is 0 Å². The topological polar surface area (TPSA) is 69.6 Å². The van der Waals surface area contributed by atoms with Gasteiger partial charge in [0.15, 0.2) is 0 Å². The summed E-state index contributed by atoms with van der Waals surface area (Å²) in [6.07, 6.45) is 1.46. The number of amides is 1. The molecule has 118 valence electrons. The summed E-state index contributed by atoms with van der Waals surface area (Å²) in [6.45, 7) is 5.57. The summed E-state index contributed by atoms with van der Waals surface area (Å²) in [6, 6.07) is 11.5. The molecule has 1 aromatic rings. The van der Waals surface area contributed by atoms with Gasteiger partial charge in [-0.1, -0.05) is 61.1 Å². The minimum absolute atomic E-state index is 0.224. The zero-order chi connectivity index (χ0) is 15.9. The molecule has 1 rings (SSSR count). The van der Waals surface area contributed by atoms with Crippen molar-refractivity contribution in [1.82, 2.24) is 5.32 Å². The van der Waals surface area contributed by atoms with Gasteiger partial charge in [-0.2, -0.15) is 0 Å². The Morgan fingerprint density at radius 1 is 1.19 bits per heavy atom. The molecule has 0 radical (unpaired) electrons. The van der Waals surface area contributed by atoms with Crippen LogP contribution in [-0.4, -0.2) is 42.9 Å². The highest BCUT2D eigenvalue weighted by molar-refractivity contribution is 6.89. The largest absolute Gasteiger partial charge is 0.394 e. The van der Waals surface area contributed by atoms with E-state index in [4.69, 9.17) is 0 Å². The van der Waals surface area contributed by atoms with Crippen molar-refractivity contribution in [1.29, 1.82) is 0 Å². The van der Waals surface area contributed by atoms with Gasteiger partial charge in [0.2, 0.25) is 5.91 Å². The summed E-state index contributed by atoms with van der Waals surface area (Å²) in [4.78, 5) is 11.2. The van der Waals surface area contributed by atoms with Crippen molar-refractivity contribution in [2.45, 2.75) is 44.4 Å². The Hall–Kier alpha value is -1.17. The second kappa shape index (κ2) is 7.73. The molecule has 0 aliphatic rings. The van der Waals surface area contributed by atoms with E-state index in [1.807, 2.05) is 6.07 Å². The van der Waals surface area contributed by atoms with Gasteiger partial charge in [0.25, 0.3) is 0 Å². The van der Waals surface area contributed by atoms with Crippen LogP contribution < -0.4 is 10.5 Å². The minimum atomic E-state index is -1.52. The third kappa shape index (κ3) is 5.26. The van der Waals surface area contributed by atoms with Gasteiger partial charge in [-0.05, 0) is 6.42 Å². The number of rotatable bonds is 8. The van der Waals surface area contributed by atoms with E-state index in [2.05, 4.69) is 42.7 Å². The first-order valence-electron chi connectivity index (χ1n) is 7.41. The first-order valence-corrected chi connectivity index (χ1v) is 10.6. The van der Waals surface area contributed by atoms with Crippen molar-refractivity contribution in [3.8, 4) is 0 Å². The Morgan fingerprint density at radius 2 is 1.76 bits per heavy atom. The van der Waals surface area contributed by atoms with E-state index in [1.165, 1.54) is 12.1 Å². The molecule has 5 heteroatoms. The fourth-order valence-corrected chi connectivity index (χ4v) is 5.07. The van der Waals surface area contributed by atoms with Gasteiger partial charge in [-0.25, -0.2) is 0 Å². The maximum Gasteiger partial charge on any atom is 0.217 e. The van der Waals surface area contributed by atoms with Gasteiger partial charge in [-0.3, -0.25) is 4.79 Å². The molecule has 0 saturated carbocycles. The number of hydrogen-bond acceptors (Lipinski definition) is 3. The zero-order valence-corrected chi connectivity index (χ0v) is 14.2. The zero-order valence-electron chi connectivity index (χ0n) is 13.2. The van der Waals surface area contributed by atoms with Gasteiger partial charge >= 0.3 is 0 Å². The summed E-state index contributed by atoms with van der Waals surface area (Å²) >= 11 is 0. The Bertz CT molecular complexity index is 444. The summed E-state index contributed by atoms with van der Waals surface area (Å²) in [5.74, 6) is -0.224. The fraction of sp³-hybridized carbons (Fsp3) is 0.562. The third-order valence-electron chi connectivity index (χ3n) is 4.06. The molecule has 4 nitrogen and oxygen atoms in total. The van der Waals surface area contributed by atoms with E-state index in [-0.39, 0.29) is 19.1 Å². The minimum Gasteiger partial charge on any atom is -0.394 e. The maximum absolute atomic E-state index is 11.2. The standard InChI is InChI=1S/C16H27NO3Si/c1-14(20)17-16(12-18,13-19)10-7-11-21(2,3)15-8-5-4-6-9-15/h4-6,8-9,18-19H,7,10-13H2,1-3H3,(H,17,20). The highest BCUT2D eigenvalue weighted by atomic mass is 28.3. The van der Waals surface area contributed by atoms with Crippen LogP contribution in [0.5, 0.6) is 0 Å². The normalized spacial score (nSPS) is 12.2. The number of benzene rings is 1. The van der Waals surface area contributed by atoms with Crippen molar-refractivity contribution in [3.63, 3.8) is 0 Å². The number of aliphatic hydroxyl groups is 2. The SMILES string of the molecule is CC(=O)NC(CO)(CO)CCC[Si](C)(C)c1ccccc1. The Labute approximate surface area is 128 Å². The van der Waals surface area contributed by atoms with Crippen LogP contribution in [0.3, 0.4) is 0 Å². The summed E-state index contributed by atoms with van der Waals surface area (Å²) < 4.78 is 0. The second-order valence-electron chi connectivity index (χ2n) is 6.38. The van der Waals surface area contributed by atoms with E-state index < -0.39 is 13.6 Å². The molecule has 1 amide bonds. The van der Waals surface area contributed by atoms with Crippen molar-refractivity contribution in [2.24, 2.45) is 0 Å². The van der Waals surface area contributed by atoms with Crippen molar-refractivity contribution < 1.29 is 15.0 Å². The molecule has 0 heterocycles. The molecule has 0 saturated heterocycles. The van der Waals surface area contributed by atoms with Crippen molar-refractivity contribution in [2.75, 3.05) is 13.2 Å². The van der Waals surface area contributed by atoms with Crippen LogP contribution in [0.15, 0.2) is 30.3 Å². The lowest BCUT2D eigenvalue weighted by molar-refractivity contribution is -0.122. The Morgan fingerprint density at radius 3 is 2.24 bits per heavy atom. The van der Waals surface area contributed by atoms with Gasteiger partial charge in [0, 0.05) is 6.92 Å². The molecular formula is C16H27NO3Si. The third-order valence-corrected chi connectivity index (χ3v) is 7.56. The molecule has 1 aromatic carbocycles. The number of carbonyl (C=O) groups is 1. The molecule has 0 aliphatic carbocycles. The first-order chi connectivity index (χ1) is 9.85. The molecule has 0 unspecified atom stereocenters. The second-order valence-corrected chi connectivity index (χ2v) is 11.2. The molecule has 0 aromatic heterocycles. The van der Waals surface area contributed by atoms with E-state index in [0.717, 1.165) is 12.5 Å². The predicted octanol–water partition coefficient (Wildman–Crippen LogP) is 1.24. The van der Waals surface area contributed by atoms with Gasteiger partial charge in [0.05, 0.1) is 26.8 Å². The lowest BCUT2D eigenvalue weighted by atomic mass is 9.95. The molecule has 0 aliphatic heterocycles. The molecule has 0 bridgehead atoms. The van der Waals surface area contributed by atoms with Crippen LogP contribution in [0.2, 0.25) is 19.1 Å². The van der Waals surface area contributed by atoms with E-state index in [9.17, 15) is 15.0 Å². The van der Waals surface area contributed by atoms with Crippen molar-refractivity contribution >= 4 is 19.2 Å². The summed E-state index contributed by atoms with van der Waals surface area (Å²) in [7, 11) is -1.52. The van der Waals surface area contributed by atoms with Crippen LogP contribution >= 0.6 is 0 Å². The highest BCUT2D eigenvalue weighted by Crippen LogP contribution is 2.19. The monoisotopic (exact) mass is 309 g/mol. The summed E-state index contributed by atoms with van der Waals surface area (Å²) in [5.41, 5.74) is -0.896. The smallest absolute Gasteiger partial charge is 0.217 e. The highest BCUT2D eigenvalue weighted by Gasteiger charge is 2.31. The average molecular weight is 309 g/mol. The Kier molecular flexibility index (Phi) is 6.58. The first kappa shape index (κ1) is 17.9. The molecule has 0 atom stereocenters. The average Bonchev–Trinajstić information content (AvgIpc) is 2.46.